The average molecular weight is 317 g/mol. The quantitative estimate of drug-likeness (QED) is 0.811. The Balaban J connectivity index is 2.06. The fourth-order valence-corrected chi connectivity index (χ4v) is 2.94. The Morgan fingerprint density at radius 1 is 1.22 bits per heavy atom. The average Bonchev–Trinajstić information content (AvgIpc) is 2.64. The summed E-state index contributed by atoms with van der Waals surface area (Å²) in [5.41, 5.74) is 1.24. The third-order valence-corrected chi connectivity index (χ3v) is 3.92. The van der Waals surface area contributed by atoms with Crippen molar-refractivity contribution in [3.05, 3.63) is 53.9 Å². The summed E-state index contributed by atoms with van der Waals surface area (Å²) in [7, 11) is 1.96. The van der Waals surface area contributed by atoms with E-state index in [9.17, 15) is 13.6 Å². The first-order chi connectivity index (χ1) is 11.0. The number of carbonyl (C=O) groups excluding carboxylic acids is 1. The van der Waals surface area contributed by atoms with Gasteiger partial charge in [-0.2, -0.15) is 0 Å². The number of fused-ring (bicyclic) bond motifs is 1. The monoisotopic (exact) mass is 317 g/mol. The highest BCUT2D eigenvalue weighted by Gasteiger charge is 2.29. The molecule has 0 N–H and O–H groups in total. The molecule has 2 heterocycles. The molecule has 6 heteroatoms. The van der Waals surface area contributed by atoms with Gasteiger partial charge in [-0.1, -0.05) is 19.1 Å². The van der Waals surface area contributed by atoms with Crippen LogP contribution in [0.4, 0.5) is 20.2 Å². The van der Waals surface area contributed by atoms with E-state index in [1.54, 1.807) is 0 Å². The van der Waals surface area contributed by atoms with E-state index >= 15 is 0 Å². The summed E-state index contributed by atoms with van der Waals surface area (Å²) in [6.45, 7) is 3.25. The van der Waals surface area contributed by atoms with Crippen LogP contribution >= 0.6 is 0 Å². The molecule has 120 valence electrons. The van der Waals surface area contributed by atoms with E-state index in [4.69, 9.17) is 0 Å². The summed E-state index contributed by atoms with van der Waals surface area (Å²) in [6, 6.07) is 8.15. The van der Waals surface area contributed by atoms with Crippen molar-refractivity contribution in [2.24, 2.45) is 5.92 Å². The van der Waals surface area contributed by atoms with Crippen molar-refractivity contribution in [2.45, 2.75) is 6.92 Å². The van der Waals surface area contributed by atoms with Gasteiger partial charge in [0.15, 0.2) is 11.5 Å². The Morgan fingerprint density at radius 2 is 1.91 bits per heavy atom. The number of pyridine rings is 1. The lowest BCUT2D eigenvalue weighted by atomic mass is 10.1. The van der Waals surface area contributed by atoms with Gasteiger partial charge in [0, 0.05) is 26.2 Å². The highest BCUT2D eigenvalue weighted by Crippen LogP contribution is 2.33. The molecule has 0 fully saturated rings. The molecule has 23 heavy (non-hydrogen) atoms. The molecule has 0 saturated carbocycles. The van der Waals surface area contributed by atoms with Crippen LogP contribution in [0.5, 0.6) is 0 Å². The van der Waals surface area contributed by atoms with E-state index in [-0.39, 0.29) is 11.6 Å². The molecule has 1 aliphatic heterocycles. The number of hydrogen-bond donors (Lipinski definition) is 0. The Labute approximate surface area is 133 Å². The van der Waals surface area contributed by atoms with Crippen molar-refractivity contribution in [3.8, 4) is 0 Å². The second-order valence-corrected chi connectivity index (χ2v) is 5.87. The van der Waals surface area contributed by atoms with Gasteiger partial charge >= 0.3 is 0 Å². The number of nitrogens with zero attached hydrogens (tertiary/aromatic N) is 3. The Kier molecular flexibility index (Phi) is 3.98. The maximum Gasteiger partial charge on any atom is 0.279 e. The van der Waals surface area contributed by atoms with Gasteiger partial charge in [0.25, 0.3) is 5.91 Å². The van der Waals surface area contributed by atoms with Gasteiger partial charge in [0.2, 0.25) is 0 Å². The fourth-order valence-electron chi connectivity index (χ4n) is 2.94. The second-order valence-electron chi connectivity index (χ2n) is 5.87. The van der Waals surface area contributed by atoms with Gasteiger partial charge in [0.05, 0.1) is 17.6 Å². The SMILES string of the molecule is CC1CN(C)c2ccccc2N(C(=O)c2ncc(F)cc2F)C1. The zero-order valence-corrected chi connectivity index (χ0v) is 13.0. The van der Waals surface area contributed by atoms with Gasteiger partial charge in [-0.15, -0.1) is 0 Å². The van der Waals surface area contributed by atoms with E-state index in [1.165, 1.54) is 4.90 Å². The van der Waals surface area contributed by atoms with E-state index in [2.05, 4.69) is 9.88 Å². The van der Waals surface area contributed by atoms with Gasteiger partial charge in [-0.3, -0.25) is 4.79 Å². The predicted molar refractivity (Wildman–Crippen MR) is 84.7 cm³/mol. The first kappa shape index (κ1) is 15.4. The zero-order valence-electron chi connectivity index (χ0n) is 13.0. The Morgan fingerprint density at radius 3 is 2.61 bits per heavy atom. The summed E-state index contributed by atoms with van der Waals surface area (Å²) in [5.74, 6) is -2.11. The maximum absolute atomic E-state index is 13.9. The molecule has 0 radical (unpaired) electrons. The van der Waals surface area contributed by atoms with Crippen molar-refractivity contribution in [2.75, 3.05) is 29.9 Å². The van der Waals surface area contributed by atoms with Crippen LogP contribution in [0.15, 0.2) is 36.5 Å². The highest BCUT2D eigenvalue weighted by molar-refractivity contribution is 6.07. The molecule has 0 spiro atoms. The van der Waals surface area contributed by atoms with Gasteiger partial charge in [0.1, 0.15) is 5.82 Å². The number of aromatic nitrogens is 1. The third kappa shape index (κ3) is 2.88. The van der Waals surface area contributed by atoms with Crippen molar-refractivity contribution in [1.29, 1.82) is 0 Å². The minimum absolute atomic E-state index is 0.194. The molecule has 1 aromatic carbocycles. The van der Waals surface area contributed by atoms with E-state index in [1.807, 2.05) is 38.2 Å². The summed E-state index contributed by atoms with van der Waals surface area (Å²) in [5, 5.41) is 0. The number of hydrogen-bond acceptors (Lipinski definition) is 3. The molecule has 0 saturated heterocycles. The molecule has 4 nitrogen and oxygen atoms in total. The normalized spacial score (nSPS) is 17.7. The Hall–Kier alpha value is -2.50. The molecule has 1 aromatic heterocycles. The maximum atomic E-state index is 13.9. The molecule has 1 atom stereocenters. The summed E-state index contributed by atoms with van der Waals surface area (Å²) >= 11 is 0. The van der Waals surface area contributed by atoms with Crippen LogP contribution in [0.3, 0.4) is 0 Å². The number of benzene rings is 1. The van der Waals surface area contributed by atoms with Crippen LogP contribution in [0, 0.1) is 17.6 Å². The lowest BCUT2D eigenvalue weighted by Gasteiger charge is -2.24. The van der Waals surface area contributed by atoms with Gasteiger partial charge in [-0.05, 0) is 18.1 Å². The first-order valence-electron chi connectivity index (χ1n) is 7.40. The van der Waals surface area contributed by atoms with Crippen LogP contribution in [0.1, 0.15) is 17.4 Å². The largest absolute Gasteiger partial charge is 0.373 e. The molecule has 1 aliphatic rings. The van der Waals surface area contributed by atoms with Crippen molar-refractivity contribution in [3.63, 3.8) is 0 Å². The highest BCUT2D eigenvalue weighted by atomic mass is 19.1. The molecular formula is C17H17F2N3O. The molecule has 3 rings (SSSR count). The van der Waals surface area contributed by atoms with Crippen molar-refractivity contribution in [1.82, 2.24) is 4.98 Å². The fraction of sp³-hybridized carbons (Fsp3) is 0.294. The van der Waals surface area contributed by atoms with E-state index in [0.717, 1.165) is 18.4 Å². The minimum Gasteiger partial charge on any atom is -0.373 e. The summed E-state index contributed by atoms with van der Waals surface area (Å²) in [6.07, 6.45) is 0.857. The van der Waals surface area contributed by atoms with Crippen molar-refractivity contribution >= 4 is 17.3 Å². The number of para-hydroxylation sites is 2. The number of amides is 1. The van der Waals surface area contributed by atoms with Crippen molar-refractivity contribution < 1.29 is 13.6 Å². The third-order valence-electron chi connectivity index (χ3n) is 3.92. The number of halogens is 2. The minimum atomic E-state index is -0.947. The number of rotatable bonds is 1. The van der Waals surface area contributed by atoms with Gasteiger partial charge in [-0.25, -0.2) is 13.8 Å². The first-order valence-corrected chi connectivity index (χ1v) is 7.40. The lowest BCUT2D eigenvalue weighted by Crippen LogP contribution is -2.36. The molecule has 0 bridgehead atoms. The molecule has 0 aliphatic carbocycles. The predicted octanol–water partition coefficient (Wildman–Crippen LogP) is 3.09. The zero-order chi connectivity index (χ0) is 16.6. The molecule has 1 amide bonds. The molecule has 1 unspecified atom stereocenters. The smallest absolute Gasteiger partial charge is 0.279 e. The topological polar surface area (TPSA) is 36.4 Å². The van der Waals surface area contributed by atoms with Crippen LogP contribution in [0.2, 0.25) is 0 Å². The van der Waals surface area contributed by atoms with Crippen LogP contribution in [-0.2, 0) is 0 Å². The molecular weight excluding hydrogens is 300 g/mol. The van der Waals surface area contributed by atoms with E-state index < -0.39 is 17.5 Å². The lowest BCUT2D eigenvalue weighted by molar-refractivity contribution is 0.0975. The molecule has 2 aromatic rings. The second kappa shape index (κ2) is 5.95. The number of carbonyl (C=O) groups is 1. The van der Waals surface area contributed by atoms with Crippen LogP contribution in [0.25, 0.3) is 0 Å². The van der Waals surface area contributed by atoms with Gasteiger partial charge < -0.3 is 9.80 Å². The standard InChI is InChI=1S/C17H17F2N3O/c1-11-9-21(2)14-5-3-4-6-15(14)22(10-11)17(23)16-13(19)7-12(18)8-20-16/h3-8,11H,9-10H2,1-2H3. The summed E-state index contributed by atoms with van der Waals surface area (Å²) in [4.78, 5) is 20.0. The van der Waals surface area contributed by atoms with Crippen LogP contribution in [-0.4, -0.2) is 31.0 Å². The number of anilines is 2. The van der Waals surface area contributed by atoms with E-state index in [0.29, 0.717) is 18.3 Å². The Bertz CT molecular complexity index is 750. The van der Waals surface area contributed by atoms with Crippen LogP contribution < -0.4 is 9.80 Å². The summed E-state index contributed by atoms with van der Waals surface area (Å²) < 4.78 is 27.0.